The lowest BCUT2D eigenvalue weighted by atomic mass is 10.2. The van der Waals surface area contributed by atoms with Crippen molar-refractivity contribution < 1.29 is 13.0 Å². The Labute approximate surface area is 129 Å². The van der Waals surface area contributed by atoms with E-state index in [1.807, 2.05) is 13.8 Å². The average Bonchev–Trinajstić information content (AvgIpc) is 2.45. The molecule has 0 aromatic heterocycles. The minimum absolute atomic E-state index is 0.154. The van der Waals surface area contributed by atoms with Crippen LogP contribution >= 0.6 is 0 Å². The molecule has 1 aromatic rings. The highest BCUT2D eigenvalue weighted by Gasteiger charge is 2.16. The molecule has 7 nitrogen and oxygen atoms in total. The molecule has 0 aliphatic rings. The third-order valence-electron chi connectivity index (χ3n) is 2.67. The SMILES string of the molecule is CC(C)NCc1ccc(NC=C(C#N)C#N)cc1S(=O)(=O)O. The minimum Gasteiger partial charge on any atom is -0.360 e. The van der Waals surface area contributed by atoms with Gasteiger partial charge in [0, 0.05) is 24.5 Å². The Morgan fingerprint density at radius 3 is 2.50 bits per heavy atom. The van der Waals surface area contributed by atoms with Crippen molar-refractivity contribution in [2.45, 2.75) is 31.3 Å². The molecular formula is C14H16N4O3S. The van der Waals surface area contributed by atoms with Crippen LogP contribution < -0.4 is 10.6 Å². The molecule has 1 rings (SSSR count). The van der Waals surface area contributed by atoms with E-state index in [4.69, 9.17) is 10.5 Å². The van der Waals surface area contributed by atoms with E-state index in [1.165, 1.54) is 6.07 Å². The fourth-order valence-electron chi connectivity index (χ4n) is 1.59. The second-order valence-electron chi connectivity index (χ2n) is 4.76. The lowest BCUT2D eigenvalue weighted by Crippen LogP contribution is -2.23. The van der Waals surface area contributed by atoms with Gasteiger partial charge in [-0.2, -0.15) is 18.9 Å². The first kappa shape index (κ1) is 17.7. The first-order valence-corrected chi connectivity index (χ1v) is 7.82. The third kappa shape index (κ3) is 5.19. The fraction of sp³-hybridized carbons (Fsp3) is 0.286. The zero-order valence-electron chi connectivity index (χ0n) is 12.2. The molecule has 0 amide bonds. The smallest absolute Gasteiger partial charge is 0.294 e. The molecule has 0 radical (unpaired) electrons. The second kappa shape index (κ2) is 7.57. The Kier molecular flexibility index (Phi) is 6.08. The van der Waals surface area contributed by atoms with E-state index in [9.17, 15) is 13.0 Å². The summed E-state index contributed by atoms with van der Waals surface area (Å²) in [4.78, 5) is -0.227. The molecule has 0 fully saturated rings. The quantitative estimate of drug-likeness (QED) is 0.538. The summed E-state index contributed by atoms with van der Waals surface area (Å²) in [6.45, 7) is 4.11. The lowest BCUT2D eigenvalue weighted by Gasteiger charge is -2.12. The Balaban J connectivity index is 3.14. The van der Waals surface area contributed by atoms with Crippen LogP contribution in [0.25, 0.3) is 0 Å². The number of nitrogens with one attached hydrogen (secondary N) is 2. The Morgan fingerprint density at radius 1 is 1.36 bits per heavy atom. The predicted molar refractivity (Wildman–Crippen MR) is 81.2 cm³/mol. The highest BCUT2D eigenvalue weighted by Crippen LogP contribution is 2.21. The molecule has 0 aliphatic heterocycles. The van der Waals surface area contributed by atoms with Crippen molar-refractivity contribution in [2.24, 2.45) is 0 Å². The van der Waals surface area contributed by atoms with Gasteiger partial charge in [0.2, 0.25) is 0 Å². The maximum Gasteiger partial charge on any atom is 0.294 e. The zero-order chi connectivity index (χ0) is 16.8. The number of rotatable bonds is 6. The molecule has 0 heterocycles. The van der Waals surface area contributed by atoms with E-state index in [2.05, 4.69) is 10.6 Å². The van der Waals surface area contributed by atoms with Gasteiger partial charge in [0.25, 0.3) is 10.1 Å². The van der Waals surface area contributed by atoms with Gasteiger partial charge >= 0.3 is 0 Å². The van der Waals surface area contributed by atoms with Crippen LogP contribution in [0.1, 0.15) is 19.4 Å². The fourth-order valence-corrected chi connectivity index (χ4v) is 2.34. The molecule has 0 saturated carbocycles. The van der Waals surface area contributed by atoms with Crippen molar-refractivity contribution in [3.05, 3.63) is 35.5 Å². The largest absolute Gasteiger partial charge is 0.360 e. The van der Waals surface area contributed by atoms with Crippen molar-refractivity contribution in [1.82, 2.24) is 5.32 Å². The summed E-state index contributed by atoms with van der Waals surface area (Å²) in [6, 6.07) is 7.88. The summed E-state index contributed by atoms with van der Waals surface area (Å²) in [6.07, 6.45) is 1.16. The van der Waals surface area contributed by atoms with Crippen LogP contribution in [0.15, 0.2) is 34.9 Å². The molecule has 0 unspecified atom stereocenters. The summed E-state index contributed by atoms with van der Waals surface area (Å²) in [7, 11) is -4.38. The van der Waals surface area contributed by atoms with Gasteiger partial charge in [-0.3, -0.25) is 4.55 Å². The number of anilines is 1. The maximum absolute atomic E-state index is 11.5. The summed E-state index contributed by atoms with van der Waals surface area (Å²) < 4.78 is 32.3. The van der Waals surface area contributed by atoms with Crippen molar-refractivity contribution in [1.29, 1.82) is 10.5 Å². The highest BCUT2D eigenvalue weighted by atomic mass is 32.2. The number of hydrogen-bond donors (Lipinski definition) is 3. The second-order valence-corrected chi connectivity index (χ2v) is 6.15. The van der Waals surface area contributed by atoms with Crippen molar-refractivity contribution in [3.63, 3.8) is 0 Å². The van der Waals surface area contributed by atoms with Gasteiger partial charge in [0.1, 0.15) is 22.6 Å². The Morgan fingerprint density at radius 2 is 2.00 bits per heavy atom. The topological polar surface area (TPSA) is 126 Å². The number of nitrogens with zero attached hydrogens (tertiary/aromatic N) is 2. The zero-order valence-corrected chi connectivity index (χ0v) is 13.0. The predicted octanol–water partition coefficient (Wildman–Crippen LogP) is 1.77. The van der Waals surface area contributed by atoms with E-state index in [0.717, 1.165) is 6.20 Å². The first-order chi connectivity index (χ1) is 10.3. The van der Waals surface area contributed by atoms with Crippen molar-refractivity contribution >= 4 is 15.8 Å². The van der Waals surface area contributed by atoms with E-state index < -0.39 is 10.1 Å². The van der Waals surface area contributed by atoms with E-state index in [-0.39, 0.29) is 23.1 Å². The summed E-state index contributed by atoms with van der Waals surface area (Å²) in [5.74, 6) is 0. The van der Waals surface area contributed by atoms with Gasteiger partial charge in [-0.15, -0.1) is 0 Å². The molecule has 116 valence electrons. The summed E-state index contributed by atoms with van der Waals surface area (Å²) >= 11 is 0. The lowest BCUT2D eigenvalue weighted by molar-refractivity contribution is 0.480. The average molecular weight is 320 g/mol. The van der Waals surface area contributed by atoms with Crippen LogP contribution in [0.2, 0.25) is 0 Å². The molecule has 0 saturated heterocycles. The van der Waals surface area contributed by atoms with Crippen LogP contribution in [0.5, 0.6) is 0 Å². The molecule has 1 aromatic carbocycles. The van der Waals surface area contributed by atoms with E-state index >= 15 is 0 Å². The van der Waals surface area contributed by atoms with Crippen LogP contribution in [-0.2, 0) is 16.7 Å². The molecule has 0 spiro atoms. The van der Waals surface area contributed by atoms with Gasteiger partial charge in [0.15, 0.2) is 0 Å². The molecule has 22 heavy (non-hydrogen) atoms. The Hall–Kier alpha value is -2.39. The van der Waals surface area contributed by atoms with E-state index in [0.29, 0.717) is 11.3 Å². The van der Waals surface area contributed by atoms with E-state index in [1.54, 1.807) is 24.3 Å². The highest BCUT2D eigenvalue weighted by molar-refractivity contribution is 7.85. The molecule has 0 bridgehead atoms. The number of nitriles is 2. The van der Waals surface area contributed by atoms with Gasteiger partial charge < -0.3 is 10.6 Å². The first-order valence-electron chi connectivity index (χ1n) is 6.38. The number of hydrogen-bond acceptors (Lipinski definition) is 6. The molecule has 0 atom stereocenters. The van der Waals surface area contributed by atoms with Gasteiger partial charge in [0.05, 0.1) is 0 Å². The van der Waals surface area contributed by atoms with Gasteiger partial charge in [-0.05, 0) is 17.7 Å². The molecule has 0 aliphatic carbocycles. The molecule has 3 N–H and O–H groups in total. The van der Waals surface area contributed by atoms with Crippen LogP contribution in [0.4, 0.5) is 5.69 Å². The van der Waals surface area contributed by atoms with Crippen molar-refractivity contribution in [2.75, 3.05) is 5.32 Å². The summed E-state index contributed by atoms with van der Waals surface area (Å²) in [5.41, 5.74) is 0.606. The van der Waals surface area contributed by atoms with Crippen LogP contribution in [0, 0.1) is 22.7 Å². The third-order valence-corrected chi connectivity index (χ3v) is 3.61. The molecule has 8 heteroatoms. The number of allylic oxidation sites excluding steroid dienone is 1. The normalized spacial score (nSPS) is 10.6. The number of benzene rings is 1. The van der Waals surface area contributed by atoms with Gasteiger partial charge in [-0.25, -0.2) is 0 Å². The minimum atomic E-state index is -4.38. The summed E-state index contributed by atoms with van der Waals surface area (Å²) in [5, 5.41) is 23.0. The van der Waals surface area contributed by atoms with Gasteiger partial charge in [-0.1, -0.05) is 19.9 Å². The monoisotopic (exact) mass is 320 g/mol. The van der Waals surface area contributed by atoms with Crippen LogP contribution in [0.3, 0.4) is 0 Å². The maximum atomic E-state index is 11.5. The Bertz CT molecular complexity index is 739. The standard InChI is InChI=1S/C14H16N4O3S/c1-10(2)17-9-12-3-4-13(5-14(12)22(19,20)21)18-8-11(6-15)7-16/h3-5,8,10,17-18H,9H2,1-2H3,(H,19,20,21). The molecular weight excluding hydrogens is 304 g/mol. The van der Waals surface area contributed by atoms with Crippen molar-refractivity contribution in [3.8, 4) is 12.1 Å². The van der Waals surface area contributed by atoms with Crippen LogP contribution in [-0.4, -0.2) is 19.0 Å².